The van der Waals surface area contributed by atoms with Crippen LogP contribution in [0.3, 0.4) is 0 Å². The van der Waals surface area contributed by atoms with Crippen molar-refractivity contribution in [1.29, 1.82) is 0 Å². The van der Waals surface area contributed by atoms with Crippen LogP contribution in [0.4, 0.5) is 0 Å². The number of para-hydroxylation sites is 1. The molecule has 1 aliphatic rings. The first kappa shape index (κ1) is 22.7. The molecule has 0 aliphatic carbocycles. The van der Waals surface area contributed by atoms with E-state index < -0.39 is 0 Å². The zero-order chi connectivity index (χ0) is 19.2. The average Bonchev–Trinajstić information content (AvgIpc) is 3.28. The highest BCUT2D eigenvalue weighted by atomic mass is 127. The maximum atomic E-state index is 5.51. The molecule has 1 N–H and O–H groups in total. The zero-order valence-electron chi connectivity index (χ0n) is 17.3. The molecule has 7 heteroatoms. The summed E-state index contributed by atoms with van der Waals surface area (Å²) in [5.41, 5.74) is 4.44. The van der Waals surface area contributed by atoms with Crippen molar-refractivity contribution in [2.45, 2.75) is 33.7 Å². The van der Waals surface area contributed by atoms with Crippen molar-refractivity contribution in [1.82, 2.24) is 20.0 Å². The second-order valence-electron chi connectivity index (χ2n) is 7.18. The standard InChI is InChI=1S/C21H31N5O.HI/c1-5-22-21(25(4)14-18-11-12-27-15-18)23-13-20-16(2)24-26(17(20)3)19-9-7-6-8-10-19;/h6-10,18H,5,11-15H2,1-4H3,(H,22,23);1H. The first-order valence-corrected chi connectivity index (χ1v) is 9.77. The number of guanidine groups is 1. The van der Waals surface area contributed by atoms with E-state index in [-0.39, 0.29) is 24.0 Å². The van der Waals surface area contributed by atoms with Crippen LogP contribution < -0.4 is 5.32 Å². The molecule has 0 spiro atoms. The number of aliphatic imine (C=N–C) groups is 1. The number of benzene rings is 1. The molecule has 28 heavy (non-hydrogen) atoms. The molecule has 1 atom stereocenters. The molecule has 0 bridgehead atoms. The molecule has 6 nitrogen and oxygen atoms in total. The van der Waals surface area contributed by atoms with E-state index >= 15 is 0 Å². The highest BCUT2D eigenvalue weighted by Gasteiger charge is 2.19. The first-order chi connectivity index (χ1) is 13.1. The van der Waals surface area contributed by atoms with Crippen molar-refractivity contribution in [3.05, 3.63) is 47.3 Å². The third-order valence-electron chi connectivity index (χ3n) is 5.08. The van der Waals surface area contributed by atoms with Crippen LogP contribution in [0.2, 0.25) is 0 Å². The monoisotopic (exact) mass is 497 g/mol. The van der Waals surface area contributed by atoms with Gasteiger partial charge in [0.2, 0.25) is 0 Å². The molecule has 1 unspecified atom stereocenters. The Morgan fingerprint density at radius 1 is 1.32 bits per heavy atom. The van der Waals surface area contributed by atoms with Gasteiger partial charge in [0.15, 0.2) is 5.96 Å². The number of nitrogens with one attached hydrogen (secondary N) is 1. The fraction of sp³-hybridized carbons (Fsp3) is 0.524. The van der Waals surface area contributed by atoms with Crippen LogP contribution in [0.1, 0.15) is 30.3 Å². The van der Waals surface area contributed by atoms with E-state index in [9.17, 15) is 0 Å². The summed E-state index contributed by atoms with van der Waals surface area (Å²) in [4.78, 5) is 7.11. The Balaban J connectivity index is 0.00000280. The van der Waals surface area contributed by atoms with Gasteiger partial charge in [0.1, 0.15) is 0 Å². The number of aryl methyl sites for hydroxylation is 1. The van der Waals surface area contributed by atoms with Gasteiger partial charge in [-0.3, -0.25) is 0 Å². The Bertz CT molecular complexity index is 769. The van der Waals surface area contributed by atoms with Gasteiger partial charge in [-0.05, 0) is 39.3 Å². The molecule has 0 saturated carbocycles. The van der Waals surface area contributed by atoms with E-state index in [0.717, 1.165) is 55.8 Å². The first-order valence-electron chi connectivity index (χ1n) is 9.77. The number of hydrogen-bond donors (Lipinski definition) is 1. The SMILES string of the molecule is CCNC(=NCc1c(C)nn(-c2ccccc2)c1C)N(C)CC1CCOC1.I. The van der Waals surface area contributed by atoms with Crippen molar-refractivity contribution < 1.29 is 4.74 Å². The number of aromatic nitrogens is 2. The smallest absolute Gasteiger partial charge is 0.193 e. The molecular formula is C21H32IN5O. The summed E-state index contributed by atoms with van der Waals surface area (Å²) in [6.45, 7) is 10.5. The largest absolute Gasteiger partial charge is 0.381 e. The van der Waals surface area contributed by atoms with Crippen LogP contribution in [-0.2, 0) is 11.3 Å². The molecule has 2 heterocycles. The molecule has 0 radical (unpaired) electrons. The molecule has 1 aromatic heterocycles. The fourth-order valence-electron chi connectivity index (χ4n) is 3.55. The maximum absolute atomic E-state index is 5.51. The highest BCUT2D eigenvalue weighted by Crippen LogP contribution is 2.19. The van der Waals surface area contributed by atoms with Crippen LogP contribution in [0, 0.1) is 19.8 Å². The predicted molar refractivity (Wildman–Crippen MR) is 125 cm³/mol. The van der Waals surface area contributed by atoms with Gasteiger partial charge in [-0.25, -0.2) is 9.67 Å². The van der Waals surface area contributed by atoms with Crippen LogP contribution in [0.15, 0.2) is 35.3 Å². The summed E-state index contributed by atoms with van der Waals surface area (Å²) in [6.07, 6.45) is 1.13. The molecule has 1 fully saturated rings. The maximum Gasteiger partial charge on any atom is 0.193 e. The van der Waals surface area contributed by atoms with Crippen molar-refractivity contribution in [2.75, 3.05) is 33.4 Å². The van der Waals surface area contributed by atoms with Crippen LogP contribution >= 0.6 is 24.0 Å². The van der Waals surface area contributed by atoms with E-state index in [1.807, 2.05) is 22.9 Å². The van der Waals surface area contributed by atoms with Gasteiger partial charge in [-0.1, -0.05) is 18.2 Å². The van der Waals surface area contributed by atoms with Gasteiger partial charge in [-0.2, -0.15) is 5.10 Å². The van der Waals surface area contributed by atoms with Crippen molar-refractivity contribution in [3.8, 4) is 5.69 Å². The van der Waals surface area contributed by atoms with E-state index in [2.05, 4.69) is 50.2 Å². The lowest BCUT2D eigenvalue weighted by Gasteiger charge is -2.24. The minimum atomic E-state index is 0. The third kappa shape index (κ3) is 5.47. The Hall–Kier alpha value is -1.61. The fourth-order valence-corrected chi connectivity index (χ4v) is 3.55. The van der Waals surface area contributed by atoms with Crippen LogP contribution in [-0.4, -0.2) is 54.0 Å². The van der Waals surface area contributed by atoms with Gasteiger partial charge < -0.3 is 15.0 Å². The molecule has 1 saturated heterocycles. The second kappa shape index (κ2) is 10.8. The van der Waals surface area contributed by atoms with Gasteiger partial charge in [0.05, 0.1) is 24.5 Å². The number of nitrogens with zero attached hydrogens (tertiary/aromatic N) is 4. The van der Waals surface area contributed by atoms with Gasteiger partial charge in [-0.15, -0.1) is 24.0 Å². The quantitative estimate of drug-likeness (QED) is 0.377. The minimum absolute atomic E-state index is 0. The topological polar surface area (TPSA) is 54.7 Å². The summed E-state index contributed by atoms with van der Waals surface area (Å²) in [5.74, 6) is 1.53. The van der Waals surface area contributed by atoms with Gasteiger partial charge in [0.25, 0.3) is 0 Å². The lowest BCUT2D eigenvalue weighted by atomic mass is 10.1. The Morgan fingerprint density at radius 2 is 2.07 bits per heavy atom. The summed E-state index contributed by atoms with van der Waals surface area (Å²) >= 11 is 0. The number of halogens is 1. The van der Waals surface area contributed by atoms with E-state index in [0.29, 0.717) is 12.5 Å². The average molecular weight is 497 g/mol. The molecular weight excluding hydrogens is 465 g/mol. The Morgan fingerprint density at radius 3 is 2.71 bits per heavy atom. The molecule has 1 aliphatic heterocycles. The summed E-state index contributed by atoms with van der Waals surface area (Å²) in [7, 11) is 2.10. The number of rotatable bonds is 6. The normalized spacial score (nSPS) is 16.7. The lowest BCUT2D eigenvalue weighted by Crippen LogP contribution is -2.41. The van der Waals surface area contributed by atoms with Gasteiger partial charge in [0, 0.05) is 43.9 Å². The molecule has 2 aromatic rings. The Kier molecular flexibility index (Phi) is 8.75. The van der Waals surface area contributed by atoms with Crippen molar-refractivity contribution in [3.63, 3.8) is 0 Å². The summed E-state index contributed by atoms with van der Waals surface area (Å²) < 4.78 is 7.51. The molecule has 3 rings (SSSR count). The molecule has 154 valence electrons. The van der Waals surface area contributed by atoms with Crippen molar-refractivity contribution >= 4 is 29.9 Å². The highest BCUT2D eigenvalue weighted by molar-refractivity contribution is 14.0. The zero-order valence-corrected chi connectivity index (χ0v) is 19.6. The summed E-state index contributed by atoms with van der Waals surface area (Å²) in [6, 6.07) is 10.2. The predicted octanol–water partition coefficient (Wildman–Crippen LogP) is 3.54. The second-order valence-corrected chi connectivity index (χ2v) is 7.18. The third-order valence-corrected chi connectivity index (χ3v) is 5.08. The lowest BCUT2D eigenvalue weighted by molar-refractivity contribution is 0.181. The van der Waals surface area contributed by atoms with E-state index in [4.69, 9.17) is 14.8 Å². The van der Waals surface area contributed by atoms with E-state index in [1.165, 1.54) is 5.56 Å². The number of ether oxygens (including phenoxy) is 1. The van der Waals surface area contributed by atoms with Crippen LogP contribution in [0.5, 0.6) is 0 Å². The number of hydrogen-bond acceptors (Lipinski definition) is 3. The summed E-state index contributed by atoms with van der Waals surface area (Å²) in [5, 5.41) is 8.14. The van der Waals surface area contributed by atoms with E-state index in [1.54, 1.807) is 0 Å². The van der Waals surface area contributed by atoms with Gasteiger partial charge >= 0.3 is 0 Å². The van der Waals surface area contributed by atoms with Crippen molar-refractivity contribution in [2.24, 2.45) is 10.9 Å². The minimum Gasteiger partial charge on any atom is -0.381 e. The molecule has 0 amide bonds. The molecule has 1 aromatic carbocycles. The van der Waals surface area contributed by atoms with Crippen LogP contribution in [0.25, 0.3) is 5.69 Å². The Labute approximate surface area is 185 Å².